The molecule has 0 saturated carbocycles. The molecular weight excluding hydrogens is 238 g/mol. The summed E-state index contributed by atoms with van der Waals surface area (Å²) >= 11 is 0. The number of carbonyl (C=O) groups excluding carboxylic acids is 1. The fourth-order valence-corrected chi connectivity index (χ4v) is 1.98. The summed E-state index contributed by atoms with van der Waals surface area (Å²) in [5.41, 5.74) is 0.839. The first-order valence-electron chi connectivity index (χ1n) is 7.23. The van der Waals surface area contributed by atoms with Crippen LogP contribution in [0.1, 0.15) is 57.1 Å². The van der Waals surface area contributed by atoms with E-state index in [1.54, 1.807) is 0 Å². The highest BCUT2D eigenvalue weighted by molar-refractivity contribution is 5.75. The number of carbonyl (C=O) groups is 1. The first-order valence-corrected chi connectivity index (χ1v) is 7.23. The molecule has 1 atom stereocenters. The smallest absolute Gasteiger partial charge is 0.220 e. The van der Waals surface area contributed by atoms with Gasteiger partial charge in [0.25, 0.3) is 0 Å². The van der Waals surface area contributed by atoms with Gasteiger partial charge in [-0.2, -0.15) is 0 Å². The first kappa shape index (κ1) is 15.7. The van der Waals surface area contributed by atoms with Crippen molar-refractivity contribution in [2.45, 2.75) is 51.6 Å². The zero-order valence-electron chi connectivity index (χ0n) is 11.8. The van der Waals surface area contributed by atoms with Gasteiger partial charge in [-0.1, -0.05) is 62.9 Å². The number of hydrogen-bond donors (Lipinski definition) is 2. The van der Waals surface area contributed by atoms with Gasteiger partial charge >= 0.3 is 0 Å². The zero-order chi connectivity index (χ0) is 13.9. The minimum absolute atomic E-state index is 0.0338. The third kappa shape index (κ3) is 6.97. The van der Waals surface area contributed by atoms with E-state index in [9.17, 15) is 9.90 Å². The van der Waals surface area contributed by atoms with E-state index >= 15 is 0 Å². The van der Waals surface area contributed by atoms with Crippen LogP contribution in [-0.2, 0) is 4.79 Å². The summed E-state index contributed by atoms with van der Waals surface area (Å²) in [4.78, 5) is 11.6. The SMILES string of the molecule is CCCCCCCC(=O)NCC(O)c1ccccc1. The van der Waals surface area contributed by atoms with E-state index in [-0.39, 0.29) is 12.5 Å². The second kappa shape index (κ2) is 9.56. The Morgan fingerprint density at radius 1 is 1.16 bits per heavy atom. The van der Waals surface area contributed by atoms with Crippen LogP contribution in [0.4, 0.5) is 0 Å². The largest absolute Gasteiger partial charge is 0.387 e. The molecule has 0 bridgehead atoms. The van der Waals surface area contributed by atoms with Crippen molar-refractivity contribution in [3.05, 3.63) is 35.9 Å². The van der Waals surface area contributed by atoms with Gasteiger partial charge in [0.15, 0.2) is 0 Å². The molecule has 1 unspecified atom stereocenters. The number of aliphatic hydroxyl groups is 1. The summed E-state index contributed by atoms with van der Waals surface area (Å²) in [6, 6.07) is 9.40. The highest BCUT2D eigenvalue weighted by Crippen LogP contribution is 2.10. The number of nitrogens with one attached hydrogen (secondary N) is 1. The molecule has 0 radical (unpaired) electrons. The van der Waals surface area contributed by atoms with Crippen LogP contribution in [0.25, 0.3) is 0 Å². The number of hydrogen-bond acceptors (Lipinski definition) is 2. The molecule has 0 saturated heterocycles. The van der Waals surface area contributed by atoms with Gasteiger partial charge in [-0.15, -0.1) is 0 Å². The molecule has 0 aliphatic heterocycles. The predicted octanol–water partition coefficient (Wildman–Crippen LogP) is 3.20. The highest BCUT2D eigenvalue weighted by Gasteiger charge is 2.08. The van der Waals surface area contributed by atoms with Gasteiger partial charge in [-0.05, 0) is 12.0 Å². The van der Waals surface area contributed by atoms with E-state index in [1.165, 1.54) is 19.3 Å². The van der Waals surface area contributed by atoms with E-state index in [2.05, 4.69) is 12.2 Å². The molecule has 0 heterocycles. The van der Waals surface area contributed by atoms with Crippen LogP contribution in [0, 0.1) is 0 Å². The van der Waals surface area contributed by atoms with Crippen molar-refractivity contribution in [3.63, 3.8) is 0 Å². The van der Waals surface area contributed by atoms with Crippen LogP contribution in [-0.4, -0.2) is 17.6 Å². The fourth-order valence-electron chi connectivity index (χ4n) is 1.98. The monoisotopic (exact) mass is 263 g/mol. The Bertz CT molecular complexity index is 351. The van der Waals surface area contributed by atoms with Crippen molar-refractivity contribution in [1.82, 2.24) is 5.32 Å². The molecule has 0 aromatic heterocycles. The average Bonchev–Trinajstić information content (AvgIpc) is 2.45. The normalized spacial score (nSPS) is 12.1. The number of amides is 1. The molecule has 1 amide bonds. The highest BCUT2D eigenvalue weighted by atomic mass is 16.3. The van der Waals surface area contributed by atoms with Crippen LogP contribution >= 0.6 is 0 Å². The molecule has 3 heteroatoms. The predicted molar refractivity (Wildman–Crippen MR) is 77.8 cm³/mol. The minimum atomic E-state index is -0.620. The van der Waals surface area contributed by atoms with E-state index in [4.69, 9.17) is 0 Å². The Hall–Kier alpha value is -1.35. The van der Waals surface area contributed by atoms with Gasteiger partial charge in [-0.3, -0.25) is 4.79 Å². The minimum Gasteiger partial charge on any atom is -0.387 e. The summed E-state index contributed by atoms with van der Waals surface area (Å²) < 4.78 is 0. The van der Waals surface area contributed by atoms with Gasteiger partial charge in [0, 0.05) is 13.0 Å². The van der Waals surface area contributed by atoms with Crippen LogP contribution < -0.4 is 5.32 Å². The molecular formula is C16H25NO2. The van der Waals surface area contributed by atoms with Gasteiger partial charge in [0.2, 0.25) is 5.91 Å². The van der Waals surface area contributed by atoms with Crippen LogP contribution in [0.3, 0.4) is 0 Å². The van der Waals surface area contributed by atoms with Crippen molar-refractivity contribution < 1.29 is 9.90 Å². The molecule has 1 aromatic carbocycles. The third-order valence-corrected chi connectivity index (χ3v) is 3.18. The lowest BCUT2D eigenvalue weighted by Gasteiger charge is -2.12. The van der Waals surface area contributed by atoms with Crippen molar-refractivity contribution in [2.75, 3.05) is 6.54 Å². The Labute approximate surface area is 116 Å². The lowest BCUT2D eigenvalue weighted by atomic mass is 10.1. The van der Waals surface area contributed by atoms with Crippen molar-refractivity contribution in [1.29, 1.82) is 0 Å². The van der Waals surface area contributed by atoms with E-state index in [1.807, 2.05) is 30.3 Å². The molecule has 0 fully saturated rings. The second-order valence-electron chi connectivity index (χ2n) is 4.89. The molecule has 0 aliphatic rings. The number of rotatable bonds is 9. The maximum Gasteiger partial charge on any atom is 0.220 e. The Morgan fingerprint density at radius 3 is 2.53 bits per heavy atom. The van der Waals surface area contributed by atoms with Crippen molar-refractivity contribution >= 4 is 5.91 Å². The Balaban J connectivity index is 2.13. The zero-order valence-corrected chi connectivity index (χ0v) is 11.8. The van der Waals surface area contributed by atoms with E-state index in [0.29, 0.717) is 6.42 Å². The maximum atomic E-state index is 11.6. The van der Waals surface area contributed by atoms with E-state index in [0.717, 1.165) is 18.4 Å². The standard InChI is InChI=1S/C16H25NO2/c1-2-3-4-5-9-12-16(19)17-13-15(18)14-10-7-6-8-11-14/h6-8,10-11,15,18H,2-5,9,12-13H2,1H3,(H,17,19). The quantitative estimate of drug-likeness (QED) is 0.672. The Kier molecular flexibility index (Phi) is 7.91. The topological polar surface area (TPSA) is 49.3 Å². The number of aliphatic hydroxyl groups excluding tert-OH is 1. The summed E-state index contributed by atoms with van der Waals surface area (Å²) in [5.74, 6) is 0.0338. The van der Waals surface area contributed by atoms with Gasteiger partial charge < -0.3 is 10.4 Å². The van der Waals surface area contributed by atoms with Gasteiger partial charge in [-0.25, -0.2) is 0 Å². The molecule has 106 valence electrons. The van der Waals surface area contributed by atoms with Crippen molar-refractivity contribution in [2.24, 2.45) is 0 Å². The maximum absolute atomic E-state index is 11.6. The molecule has 2 N–H and O–H groups in total. The molecule has 19 heavy (non-hydrogen) atoms. The van der Waals surface area contributed by atoms with Crippen LogP contribution in [0.2, 0.25) is 0 Å². The van der Waals surface area contributed by atoms with Crippen molar-refractivity contribution in [3.8, 4) is 0 Å². The lowest BCUT2D eigenvalue weighted by molar-refractivity contribution is -0.121. The summed E-state index contributed by atoms with van der Waals surface area (Å²) in [6.07, 6.45) is 5.66. The number of unbranched alkanes of at least 4 members (excludes halogenated alkanes) is 4. The molecule has 3 nitrogen and oxygen atoms in total. The average molecular weight is 263 g/mol. The van der Waals surface area contributed by atoms with Gasteiger partial charge in [0.05, 0.1) is 6.10 Å². The summed E-state index contributed by atoms with van der Waals surface area (Å²) in [5, 5.41) is 12.7. The molecule has 0 aliphatic carbocycles. The first-order chi connectivity index (χ1) is 9.24. The van der Waals surface area contributed by atoms with Crippen LogP contribution in [0.15, 0.2) is 30.3 Å². The van der Waals surface area contributed by atoms with E-state index < -0.39 is 6.10 Å². The molecule has 1 aromatic rings. The summed E-state index contributed by atoms with van der Waals surface area (Å²) in [6.45, 7) is 2.47. The lowest BCUT2D eigenvalue weighted by Crippen LogP contribution is -2.28. The molecule has 1 rings (SSSR count). The van der Waals surface area contributed by atoms with Crippen LogP contribution in [0.5, 0.6) is 0 Å². The Morgan fingerprint density at radius 2 is 1.84 bits per heavy atom. The molecule has 0 spiro atoms. The summed E-state index contributed by atoms with van der Waals surface area (Å²) in [7, 11) is 0. The third-order valence-electron chi connectivity index (χ3n) is 3.18. The van der Waals surface area contributed by atoms with Gasteiger partial charge in [0.1, 0.15) is 0 Å². The second-order valence-corrected chi connectivity index (χ2v) is 4.89. The fraction of sp³-hybridized carbons (Fsp3) is 0.562. The number of benzene rings is 1.